The standard InChI is InChI=1S/C12H16O3/c1-5(13)14-9-3-6-2-8(9)11-7(6)4-10-12(11)15-10/h6-12H,2-4H2,1H3/t6-,7+,8+,9+,10-,11-,12-/m1/s1. The van der Waals surface area contributed by atoms with Crippen LogP contribution in [0.5, 0.6) is 0 Å². The highest BCUT2D eigenvalue weighted by atomic mass is 16.6. The molecule has 0 aromatic rings. The lowest BCUT2D eigenvalue weighted by atomic mass is 9.79. The van der Waals surface area contributed by atoms with Gasteiger partial charge in [-0.1, -0.05) is 0 Å². The Kier molecular flexibility index (Phi) is 1.47. The van der Waals surface area contributed by atoms with Gasteiger partial charge in [0.1, 0.15) is 6.10 Å². The van der Waals surface area contributed by atoms with Crippen LogP contribution in [0, 0.1) is 23.7 Å². The highest BCUT2D eigenvalue weighted by Gasteiger charge is 2.67. The number of rotatable bonds is 1. The molecule has 1 aliphatic heterocycles. The molecule has 7 atom stereocenters. The third-order valence-corrected chi connectivity index (χ3v) is 5.00. The average molecular weight is 208 g/mol. The minimum Gasteiger partial charge on any atom is -0.462 e. The summed E-state index contributed by atoms with van der Waals surface area (Å²) < 4.78 is 11.1. The Bertz CT molecular complexity index is 327. The SMILES string of the molecule is CC(=O)O[C@H]1C[C@H]2C[C@@H]1[C@H]1[C@H]2C[C@H]2O[C@@H]12. The molecule has 0 N–H and O–H groups in total. The summed E-state index contributed by atoms with van der Waals surface area (Å²) in [6, 6.07) is 0. The summed E-state index contributed by atoms with van der Waals surface area (Å²) in [6.45, 7) is 1.52. The number of epoxide rings is 1. The van der Waals surface area contributed by atoms with Crippen molar-refractivity contribution in [2.45, 2.75) is 44.5 Å². The predicted molar refractivity (Wildman–Crippen MR) is 52.0 cm³/mol. The maximum absolute atomic E-state index is 11.0. The van der Waals surface area contributed by atoms with Gasteiger partial charge < -0.3 is 9.47 Å². The fraction of sp³-hybridized carbons (Fsp3) is 0.917. The van der Waals surface area contributed by atoms with E-state index < -0.39 is 0 Å². The average Bonchev–Trinajstić information content (AvgIpc) is 2.58. The van der Waals surface area contributed by atoms with Gasteiger partial charge in [0.05, 0.1) is 12.2 Å². The van der Waals surface area contributed by atoms with Crippen molar-refractivity contribution in [3.05, 3.63) is 0 Å². The molecule has 0 unspecified atom stereocenters. The maximum atomic E-state index is 11.0. The molecule has 3 aliphatic carbocycles. The number of fused-ring (bicyclic) bond motifs is 7. The van der Waals surface area contributed by atoms with Crippen LogP contribution in [-0.2, 0) is 14.3 Å². The lowest BCUT2D eigenvalue weighted by Crippen LogP contribution is -2.34. The Morgan fingerprint density at radius 2 is 2.13 bits per heavy atom. The first-order valence-corrected chi connectivity index (χ1v) is 6.06. The van der Waals surface area contributed by atoms with Crippen LogP contribution in [0.25, 0.3) is 0 Å². The normalized spacial score (nSPS) is 58.9. The van der Waals surface area contributed by atoms with E-state index in [1.54, 1.807) is 0 Å². The summed E-state index contributed by atoms with van der Waals surface area (Å²) in [7, 11) is 0. The summed E-state index contributed by atoms with van der Waals surface area (Å²) in [5, 5.41) is 0. The van der Waals surface area contributed by atoms with Crippen molar-refractivity contribution in [3.63, 3.8) is 0 Å². The summed E-state index contributed by atoms with van der Waals surface area (Å²) >= 11 is 0. The molecule has 3 nitrogen and oxygen atoms in total. The number of hydrogen-bond acceptors (Lipinski definition) is 3. The van der Waals surface area contributed by atoms with E-state index in [4.69, 9.17) is 9.47 Å². The van der Waals surface area contributed by atoms with Gasteiger partial charge in [-0.2, -0.15) is 0 Å². The Balaban J connectivity index is 1.57. The smallest absolute Gasteiger partial charge is 0.302 e. The van der Waals surface area contributed by atoms with Crippen LogP contribution in [0.3, 0.4) is 0 Å². The minimum absolute atomic E-state index is 0.115. The number of carbonyl (C=O) groups excluding carboxylic acids is 1. The first kappa shape index (κ1) is 8.57. The second-order valence-corrected chi connectivity index (χ2v) is 5.66. The molecular formula is C12H16O3. The van der Waals surface area contributed by atoms with E-state index in [0.29, 0.717) is 18.1 Å². The van der Waals surface area contributed by atoms with Crippen LogP contribution in [0.4, 0.5) is 0 Å². The van der Waals surface area contributed by atoms with Gasteiger partial charge in [-0.25, -0.2) is 0 Å². The minimum atomic E-state index is -0.115. The zero-order valence-electron chi connectivity index (χ0n) is 8.89. The topological polar surface area (TPSA) is 38.8 Å². The summed E-state index contributed by atoms with van der Waals surface area (Å²) in [5.74, 6) is 2.93. The van der Waals surface area contributed by atoms with Crippen LogP contribution in [0.2, 0.25) is 0 Å². The molecule has 15 heavy (non-hydrogen) atoms. The Hall–Kier alpha value is -0.570. The van der Waals surface area contributed by atoms with Gasteiger partial charge in [0.25, 0.3) is 0 Å². The Morgan fingerprint density at radius 3 is 2.93 bits per heavy atom. The van der Waals surface area contributed by atoms with Crippen molar-refractivity contribution in [3.8, 4) is 0 Å². The molecule has 0 aromatic heterocycles. The number of hydrogen-bond donors (Lipinski definition) is 0. The van der Waals surface area contributed by atoms with E-state index in [9.17, 15) is 4.79 Å². The molecule has 4 aliphatic rings. The van der Waals surface area contributed by atoms with Crippen molar-refractivity contribution < 1.29 is 14.3 Å². The fourth-order valence-electron chi connectivity index (χ4n) is 4.60. The largest absolute Gasteiger partial charge is 0.462 e. The molecule has 0 spiro atoms. The third kappa shape index (κ3) is 1.02. The molecule has 3 heteroatoms. The highest BCUT2D eigenvalue weighted by molar-refractivity contribution is 5.66. The summed E-state index contributed by atoms with van der Waals surface area (Å²) in [4.78, 5) is 11.0. The van der Waals surface area contributed by atoms with E-state index in [0.717, 1.165) is 24.2 Å². The van der Waals surface area contributed by atoms with Crippen LogP contribution in [-0.4, -0.2) is 24.3 Å². The van der Waals surface area contributed by atoms with E-state index >= 15 is 0 Å². The van der Waals surface area contributed by atoms with Crippen LogP contribution < -0.4 is 0 Å². The maximum Gasteiger partial charge on any atom is 0.302 e. The molecule has 1 saturated heterocycles. The zero-order valence-corrected chi connectivity index (χ0v) is 8.89. The van der Waals surface area contributed by atoms with Gasteiger partial charge in [0.2, 0.25) is 0 Å². The van der Waals surface area contributed by atoms with Gasteiger partial charge in [0.15, 0.2) is 0 Å². The summed E-state index contributed by atoms with van der Waals surface area (Å²) in [6.07, 6.45) is 4.98. The second kappa shape index (κ2) is 2.57. The van der Waals surface area contributed by atoms with E-state index in [-0.39, 0.29) is 12.1 Å². The highest BCUT2D eigenvalue weighted by Crippen LogP contribution is 2.64. The van der Waals surface area contributed by atoms with Gasteiger partial charge in [-0.3, -0.25) is 4.79 Å². The van der Waals surface area contributed by atoms with Gasteiger partial charge in [0, 0.05) is 12.8 Å². The molecule has 0 aromatic carbocycles. The monoisotopic (exact) mass is 208 g/mol. The van der Waals surface area contributed by atoms with Crippen molar-refractivity contribution in [2.24, 2.45) is 23.7 Å². The molecule has 1 heterocycles. The lowest BCUT2D eigenvalue weighted by Gasteiger charge is -2.31. The number of esters is 1. The van der Waals surface area contributed by atoms with E-state index in [1.807, 2.05) is 0 Å². The molecule has 0 radical (unpaired) electrons. The molecule has 3 saturated carbocycles. The molecule has 2 bridgehead atoms. The Labute approximate surface area is 89.1 Å². The molecular weight excluding hydrogens is 192 g/mol. The fourth-order valence-corrected chi connectivity index (χ4v) is 4.60. The second-order valence-electron chi connectivity index (χ2n) is 5.66. The molecule has 0 amide bonds. The van der Waals surface area contributed by atoms with Crippen LogP contribution in [0.1, 0.15) is 26.2 Å². The third-order valence-electron chi connectivity index (χ3n) is 5.00. The van der Waals surface area contributed by atoms with E-state index in [1.165, 1.54) is 19.8 Å². The van der Waals surface area contributed by atoms with Crippen LogP contribution >= 0.6 is 0 Å². The van der Waals surface area contributed by atoms with Crippen molar-refractivity contribution in [1.29, 1.82) is 0 Å². The molecule has 82 valence electrons. The van der Waals surface area contributed by atoms with Crippen molar-refractivity contribution >= 4 is 5.97 Å². The lowest BCUT2D eigenvalue weighted by molar-refractivity contribution is -0.150. The van der Waals surface area contributed by atoms with Gasteiger partial charge in [-0.05, 0) is 37.0 Å². The predicted octanol–water partition coefficient (Wildman–Crippen LogP) is 1.36. The summed E-state index contributed by atoms with van der Waals surface area (Å²) in [5.41, 5.74) is 0. The van der Waals surface area contributed by atoms with Crippen molar-refractivity contribution in [2.75, 3.05) is 0 Å². The number of ether oxygens (including phenoxy) is 2. The van der Waals surface area contributed by atoms with E-state index in [2.05, 4.69) is 0 Å². The van der Waals surface area contributed by atoms with Crippen molar-refractivity contribution in [1.82, 2.24) is 0 Å². The molecule has 4 fully saturated rings. The zero-order chi connectivity index (χ0) is 10.2. The number of carbonyl (C=O) groups is 1. The van der Waals surface area contributed by atoms with Gasteiger partial charge >= 0.3 is 5.97 Å². The quantitative estimate of drug-likeness (QED) is 0.482. The van der Waals surface area contributed by atoms with Gasteiger partial charge in [-0.15, -0.1) is 0 Å². The first-order valence-electron chi connectivity index (χ1n) is 6.06. The molecule has 4 rings (SSSR count). The van der Waals surface area contributed by atoms with Crippen LogP contribution in [0.15, 0.2) is 0 Å². The first-order chi connectivity index (χ1) is 7.24. The Morgan fingerprint density at radius 1 is 1.27 bits per heavy atom.